The van der Waals surface area contributed by atoms with E-state index in [4.69, 9.17) is 0 Å². The topological polar surface area (TPSA) is 77.9 Å². The number of nitrogens with zero attached hydrogens (tertiary/aromatic N) is 2. The Bertz CT molecular complexity index is 575. The molecule has 1 aromatic rings. The van der Waals surface area contributed by atoms with E-state index in [-0.39, 0.29) is 18.1 Å². The van der Waals surface area contributed by atoms with Crippen LogP contribution in [-0.2, 0) is 10.0 Å². The molecular formula is C13H18N2O4S. The molecule has 0 amide bonds. The molecule has 0 spiro atoms. The zero-order valence-electron chi connectivity index (χ0n) is 11.3. The summed E-state index contributed by atoms with van der Waals surface area (Å²) in [7, 11) is -3.14. The maximum absolute atomic E-state index is 12.0. The van der Waals surface area contributed by atoms with Crippen molar-refractivity contribution in [2.45, 2.75) is 0 Å². The normalized spacial score (nSPS) is 18.1. The Morgan fingerprint density at radius 2 is 1.70 bits per heavy atom. The van der Waals surface area contributed by atoms with E-state index in [1.54, 1.807) is 12.1 Å². The third kappa shape index (κ3) is 3.78. The highest BCUT2D eigenvalue weighted by Gasteiger charge is 2.24. The van der Waals surface area contributed by atoms with Gasteiger partial charge in [0.1, 0.15) is 5.75 Å². The first-order chi connectivity index (χ1) is 9.36. The third-order valence-electron chi connectivity index (χ3n) is 3.36. The highest BCUT2D eigenvalue weighted by Crippen LogP contribution is 2.12. The number of carbonyl (C=O) groups excluding carboxylic acids is 1. The molecule has 1 aliphatic heterocycles. The van der Waals surface area contributed by atoms with Crippen LogP contribution in [0.25, 0.3) is 0 Å². The zero-order chi connectivity index (χ0) is 14.8. The Kier molecular flexibility index (Phi) is 4.42. The fraction of sp³-hybridized carbons (Fsp3) is 0.462. The minimum atomic E-state index is -3.14. The lowest BCUT2D eigenvalue weighted by atomic mass is 10.1. The van der Waals surface area contributed by atoms with E-state index in [0.29, 0.717) is 31.7 Å². The molecule has 0 saturated carbocycles. The summed E-state index contributed by atoms with van der Waals surface area (Å²) in [6, 6.07) is 6.14. The number of phenols is 1. The third-order valence-corrected chi connectivity index (χ3v) is 4.66. The molecule has 6 nitrogen and oxygen atoms in total. The Morgan fingerprint density at radius 3 is 2.20 bits per heavy atom. The molecule has 1 aromatic carbocycles. The lowest BCUT2D eigenvalue weighted by Crippen LogP contribution is -2.49. The molecule has 1 heterocycles. The van der Waals surface area contributed by atoms with Crippen molar-refractivity contribution in [2.75, 3.05) is 39.0 Å². The largest absolute Gasteiger partial charge is 0.508 e. The average molecular weight is 298 g/mol. The second kappa shape index (κ2) is 5.90. The van der Waals surface area contributed by atoms with Gasteiger partial charge in [-0.15, -0.1) is 0 Å². The molecular weight excluding hydrogens is 280 g/mol. The number of benzene rings is 1. The summed E-state index contributed by atoms with van der Waals surface area (Å²) in [4.78, 5) is 14.0. The smallest absolute Gasteiger partial charge is 0.211 e. The second-order valence-corrected chi connectivity index (χ2v) is 6.89. The molecule has 20 heavy (non-hydrogen) atoms. The molecule has 0 aliphatic carbocycles. The Balaban J connectivity index is 1.89. The number of hydrogen-bond acceptors (Lipinski definition) is 5. The van der Waals surface area contributed by atoms with Crippen LogP contribution in [-0.4, -0.2) is 67.5 Å². The van der Waals surface area contributed by atoms with Crippen molar-refractivity contribution < 1.29 is 18.3 Å². The number of rotatable bonds is 4. The van der Waals surface area contributed by atoms with E-state index in [9.17, 15) is 18.3 Å². The van der Waals surface area contributed by atoms with Crippen LogP contribution >= 0.6 is 0 Å². The minimum Gasteiger partial charge on any atom is -0.508 e. The molecule has 0 radical (unpaired) electrons. The molecule has 1 aliphatic rings. The number of ketones is 1. The van der Waals surface area contributed by atoms with Crippen molar-refractivity contribution in [1.29, 1.82) is 0 Å². The number of aromatic hydroxyl groups is 1. The maximum Gasteiger partial charge on any atom is 0.211 e. The van der Waals surface area contributed by atoms with E-state index in [2.05, 4.69) is 0 Å². The average Bonchev–Trinajstić information content (AvgIpc) is 2.39. The van der Waals surface area contributed by atoms with E-state index < -0.39 is 10.0 Å². The van der Waals surface area contributed by atoms with Crippen molar-refractivity contribution >= 4 is 15.8 Å². The quantitative estimate of drug-likeness (QED) is 0.801. The fourth-order valence-electron chi connectivity index (χ4n) is 2.16. The van der Waals surface area contributed by atoms with Gasteiger partial charge in [-0.1, -0.05) is 0 Å². The van der Waals surface area contributed by atoms with E-state index in [1.165, 1.54) is 22.7 Å². The SMILES string of the molecule is CS(=O)(=O)N1CCN(CC(=O)c2ccc(O)cc2)CC1. The first-order valence-corrected chi connectivity index (χ1v) is 8.21. The highest BCUT2D eigenvalue weighted by molar-refractivity contribution is 7.88. The van der Waals surface area contributed by atoms with Crippen molar-refractivity contribution in [3.8, 4) is 5.75 Å². The van der Waals surface area contributed by atoms with Crippen LogP contribution in [0.1, 0.15) is 10.4 Å². The van der Waals surface area contributed by atoms with Crippen LogP contribution in [0.5, 0.6) is 5.75 Å². The van der Waals surface area contributed by atoms with Crippen LogP contribution in [0.15, 0.2) is 24.3 Å². The summed E-state index contributed by atoms with van der Waals surface area (Å²) in [6.07, 6.45) is 1.20. The molecule has 110 valence electrons. The maximum atomic E-state index is 12.0. The highest BCUT2D eigenvalue weighted by atomic mass is 32.2. The minimum absolute atomic E-state index is 0.0298. The number of hydrogen-bond donors (Lipinski definition) is 1. The Labute approximate surface area is 118 Å². The fourth-order valence-corrected chi connectivity index (χ4v) is 2.99. The van der Waals surface area contributed by atoms with Crippen molar-refractivity contribution in [2.24, 2.45) is 0 Å². The summed E-state index contributed by atoms with van der Waals surface area (Å²) in [5.74, 6) is 0.0983. The van der Waals surface area contributed by atoms with Gasteiger partial charge in [0.15, 0.2) is 5.78 Å². The summed E-state index contributed by atoms with van der Waals surface area (Å²) >= 11 is 0. The number of Topliss-reactive ketones (excluding diaryl/α,β-unsaturated/α-hetero) is 1. The van der Waals surface area contributed by atoms with Crippen molar-refractivity contribution in [3.63, 3.8) is 0 Å². The van der Waals surface area contributed by atoms with Gasteiger partial charge >= 0.3 is 0 Å². The van der Waals surface area contributed by atoms with Gasteiger partial charge in [-0.3, -0.25) is 9.69 Å². The number of carbonyl (C=O) groups is 1. The monoisotopic (exact) mass is 298 g/mol. The zero-order valence-corrected chi connectivity index (χ0v) is 12.1. The van der Waals surface area contributed by atoms with Crippen LogP contribution in [0.4, 0.5) is 0 Å². The van der Waals surface area contributed by atoms with Crippen LogP contribution in [0, 0.1) is 0 Å². The molecule has 0 bridgehead atoms. The summed E-state index contributed by atoms with van der Waals surface area (Å²) in [6.45, 7) is 2.21. The van der Waals surface area contributed by atoms with Gasteiger partial charge in [0, 0.05) is 31.7 Å². The van der Waals surface area contributed by atoms with Gasteiger partial charge in [-0.25, -0.2) is 8.42 Å². The number of piperazine rings is 1. The summed E-state index contributed by atoms with van der Waals surface area (Å²) < 4.78 is 24.2. The van der Waals surface area contributed by atoms with Gasteiger partial charge in [-0.05, 0) is 24.3 Å². The van der Waals surface area contributed by atoms with Crippen LogP contribution in [0.3, 0.4) is 0 Å². The van der Waals surface area contributed by atoms with Crippen molar-refractivity contribution in [1.82, 2.24) is 9.21 Å². The second-order valence-electron chi connectivity index (χ2n) is 4.91. The standard InChI is InChI=1S/C13H18N2O4S/c1-20(18,19)15-8-6-14(7-9-15)10-13(17)11-2-4-12(16)5-3-11/h2-5,16H,6-10H2,1H3. The van der Waals surface area contributed by atoms with Crippen LogP contribution < -0.4 is 0 Å². The van der Waals surface area contributed by atoms with Gasteiger partial charge < -0.3 is 5.11 Å². The number of phenolic OH excluding ortho intramolecular Hbond substituents is 1. The molecule has 0 atom stereocenters. The Hall–Kier alpha value is -1.44. The van der Waals surface area contributed by atoms with Crippen molar-refractivity contribution in [3.05, 3.63) is 29.8 Å². The first-order valence-electron chi connectivity index (χ1n) is 6.36. The lowest BCUT2D eigenvalue weighted by Gasteiger charge is -2.32. The molecule has 2 rings (SSSR count). The first kappa shape index (κ1) is 15.0. The summed E-state index contributed by atoms with van der Waals surface area (Å²) in [5, 5.41) is 9.18. The van der Waals surface area contributed by atoms with E-state index >= 15 is 0 Å². The number of sulfonamides is 1. The molecule has 1 N–H and O–H groups in total. The molecule has 1 saturated heterocycles. The molecule has 0 aromatic heterocycles. The molecule has 0 unspecified atom stereocenters. The molecule has 7 heteroatoms. The van der Waals surface area contributed by atoms with Crippen LogP contribution in [0.2, 0.25) is 0 Å². The van der Waals surface area contributed by atoms with Gasteiger partial charge in [0.25, 0.3) is 0 Å². The predicted molar refractivity (Wildman–Crippen MR) is 75.3 cm³/mol. The lowest BCUT2D eigenvalue weighted by molar-refractivity contribution is 0.0902. The Morgan fingerprint density at radius 1 is 1.15 bits per heavy atom. The van der Waals surface area contributed by atoms with E-state index in [1.807, 2.05) is 4.90 Å². The van der Waals surface area contributed by atoms with Gasteiger partial charge in [0.05, 0.1) is 12.8 Å². The predicted octanol–water partition coefficient (Wildman–Crippen LogP) is 0.152. The summed E-state index contributed by atoms with van der Waals surface area (Å²) in [5.41, 5.74) is 0.549. The van der Waals surface area contributed by atoms with Gasteiger partial charge in [-0.2, -0.15) is 4.31 Å². The van der Waals surface area contributed by atoms with E-state index in [0.717, 1.165) is 0 Å². The van der Waals surface area contributed by atoms with Gasteiger partial charge in [0.2, 0.25) is 10.0 Å². The molecule has 1 fully saturated rings.